The summed E-state index contributed by atoms with van der Waals surface area (Å²) in [4.78, 5) is 18.7. The van der Waals surface area contributed by atoms with Gasteiger partial charge in [-0.1, -0.05) is 18.2 Å². The van der Waals surface area contributed by atoms with Crippen molar-refractivity contribution in [3.05, 3.63) is 53.7 Å². The number of fused-ring (bicyclic) bond motifs is 1. The number of nitrogens with zero attached hydrogens (tertiary/aromatic N) is 2. The van der Waals surface area contributed by atoms with E-state index in [9.17, 15) is 4.79 Å². The zero-order chi connectivity index (χ0) is 15.5. The summed E-state index contributed by atoms with van der Waals surface area (Å²) in [6.45, 7) is 0.607. The first-order valence-corrected chi connectivity index (χ1v) is 7.32. The van der Waals surface area contributed by atoms with Crippen LogP contribution in [-0.4, -0.2) is 31.6 Å². The Hall–Kier alpha value is -2.56. The van der Waals surface area contributed by atoms with E-state index in [0.717, 1.165) is 17.7 Å². The summed E-state index contributed by atoms with van der Waals surface area (Å²) in [6.07, 6.45) is 2.45. The van der Waals surface area contributed by atoms with Crippen LogP contribution >= 0.6 is 0 Å². The summed E-state index contributed by atoms with van der Waals surface area (Å²) in [5.41, 5.74) is 1.61. The first-order chi connectivity index (χ1) is 10.7. The first-order valence-electron chi connectivity index (χ1n) is 7.32. The largest absolute Gasteiger partial charge is 0.493 e. The monoisotopic (exact) mass is 297 g/mol. The maximum Gasteiger partial charge on any atom is 0.255 e. The second kappa shape index (κ2) is 6.05. The second-order valence-corrected chi connectivity index (χ2v) is 5.47. The van der Waals surface area contributed by atoms with Crippen LogP contribution in [0.15, 0.2) is 42.6 Å². The quantitative estimate of drug-likeness (QED) is 0.945. The van der Waals surface area contributed by atoms with Crippen LogP contribution in [0.3, 0.4) is 0 Å². The Morgan fingerprint density at radius 1 is 1.27 bits per heavy atom. The second-order valence-electron chi connectivity index (χ2n) is 5.47. The van der Waals surface area contributed by atoms with Crippen LogP contribution in [-0.2, 0) is 0 Å². The number of ether oxygens (including phenoxy) is 1. The lowest BCUT2D eigenvalue weighted by Crippen LogP contribution is -2.33. The average molecular weight is 297 g/mol. The topological polar surface area (TPSA) is 54.5 Å². The maximum atomic E-state index is 12.6. The van der Waals surface area contributed by atoms with Crippen LogP contribution in [0.1, 0.15) is 28.4 Å². The summed E-state index contributed by atoms with van der Waals surface area (Å²) < 4.78 is 5.63. The molecule has 1 N–H and O–H groups in total. The third-order valence-electron chi connectivity index (χ3n) is 3.72. The lowest BCUT2D eigenvalue weighted by Gasteiger charge is -2.27. The minimum absolute atomic E-state index is 0.0346. The van der Waals surface area contributed by atoms with Gasteiger partial charge in [0.15, 0.2) is 0 Å². The standard InChI is InChI=1S/C17H19N3O2/c1-20(2)16-13(7-5-10-18-16)17(21)19-14-9-11-22-15-8-4-3-6-12(14)15/h3-8,10,14H,9,11H2,1-2H3,(H,19,21)/t14-/m1/s1. The fraction of sp³-hybridized carbons (Fsp3) is 0.294. The van der Waals surface area contributed by atoms with Crippen LogP contribution < -0.4 is 15.0 Å². The number of amides is 1. The van der Waals surface area contributed by atoms with Gasteiger partial charge < -0.3 is 15.0 Å². The van der Waals surface area contributed by atoms with Gasteiger partial charge in [0.25, 0.3) is 5.91 Å². The molecule has 1 atom stereocenters. The molecule has 0 fully saturated rings. The van der Waals surface area contributed by atoms with Gasteiger partial charge >= 0.3 is 0 Å². The van der Waals surface area contributed by atoms with E-state index in [1.165, 1.54) is 0 Å². The van der Waals surface area contributed by atoms with Gasteiger partial charge in [0.2, 0.25) is 0 Å². The molecular weight excluding hydrogens is 278 g/mol. The lowest BCUT2D eigenvalue weighted by atomic mass is 10.00. The number of carbonyl (C=O) groups excluding carboxylic acids is 1. The number of nitrogens with one attached hydrogen (secondary N) is 1. The Morgan fingerprint density at radius 3 is 2.91 bits per heavy atom. The molecule has 0 radical (unpaired) electrons. The molecule has 1 aliphatic heterocycles. The van der Waals surface area contributed by atoms with Gasteiger partial charge in [0, 0.05) is 32.3 Å². The van der Waals surface area contributed by atoms with Crippen molar-refractivity contribution in [1.82, 2.24) is 10.3 Å². The van der Waals surface area contributed by atoms with Crippen molar-refractivity contribution in [3.8, 4) is 5.75 Å². The van der Waals surface area contributed by atoms with Crippen molar-refractivity contribution >= 4 is 11.7 Å². The third-order valence-corrected chi connectivity index (χ3v) is 3.72. The Morgan fingerprint density at radius 2 is 2.09 bits per heavy atom. The molecule has 5 nitrogen and oxygen atoms in total. The normalized spacial score (nSPS) is 16.4. The highest BCUT2D eigenvalue weighted by atomic mass is 16.5. The third kappa shape index (κ3) is 2.74. The number of benzene rings is 1. The van der Waals surface area contributed by atoms with E-state index in [1.807, 2.05) is 43.3 Å². The van der Waals surface area contributed by atoms with Crippen LogP contribution in [0.2, 0.25) is 0 Å². The molecule has 1 aromatic carbocycles. The summed E-state index contributed by atoms with van der Waals surface area (Å²) in [6, 6.07) is 11.4. The molecule has 0 spiro atoms. The fourth-order valence-electron chi connectivity index (χ4n) is 2.66. The minimum Gasteiger partial charge on any atom is -0.493 e. The Bertz CT molecular complexity index is 685. The lowest BCUT2D eigenvalue weighted by molar-refractivity contribution is 0.0925. The minimum atomic E-state index is -0.112. The maximum absolute atomic E-state index is 12.6. The highest BCUT2D eigenvalue weighted by molar-refractivity contribution is 5.99. The van der Waals surface area contributed by atoms with Gasteiger partial charge in [-0.25, -0.2) is 4.98 Å². The summed E-state index contributed by atoms with van der Waals surface area (Å²) in [5, 5.41) is 3.10. The van der Waals surface area contributed by atoms with Gasteiger partial charge in [-0.05, 0) is 18.2 Å². The van der Waals surface area contributed by atoms with Crippen LogP contribution in [0.4, 0.5) is 5.82 Å². The summed E-state index contributed by atoms with van der Waals surface area (Å²) >= 11 is 0. The molecule has 5 heteroatoms. The molecule has 0 bridgehead atoms. The first kappa shape index (κ1) is 14.4. The molecular formula is C17H19N3O2. The molecule has 22 heavy (non-hydrogen) atoms. The van der Waals surface area contributed by atoms with Gasteiger partial charge in [-0.2, -0.15) is 0 Å². The molecule has 0 saturated carbocycles. The average Bonchev–Trinajstić information content (AvgIpc) is 2.55. The van der Waals surface area contributed by atoms with Crippen molar-refractivity contribution in [2.24, 2.45) is 0 Å². The number of hydrogen-bond donors (Lipinski definition) is 1. The van der Waals surface area contributed by atoms with Gasteiger partial charge in [0.05, 0.1) is 18.2 Å². The number of para-hydroxylation sites is 1. The number of anilines is 1. The summed E-state index contributed by atoms with van der Waals surface area (Å²) in [5.74, 6) is 1.40. The van der Waals surface area contributed by atoms with Crippen molar-refractivity contribution < 1.29 is 9.53 Å². The van der Waals surface area contributed by atoms with E-state index >= 15 is 0 Å². The Kier molecular flexibility index (Phi) is 3.96. The fourth-order valence-corrected chi connectivity index (χ4v) is 2.66. The van der Waals surface area contributed by atoms with Crippen LogP contribution in [0, 0.1) is 0 Å². The predicted octanol–water partition coefficient (Wildman–Crippen LogP) is 2.40. The molecule has 2 aromatic rings. The van der Waals surface area contributed by atoms with Crippen molar-refractivity contribution in [2.75, 3.05) is 25.6 Å². The Balaban J connectivity index is 1.84. The molecule has 3 rings (SSSR count). The number of carbonyl (C=O) groups is 1. The number of hydrogen-bond acceptors (Lipinski definition) is 4. The number of aromatic nitrogens is 1. The molecule has 1 amide bonds. The summed E-state index contributed by atoms with van der Waals surface area (Å²) in [7, 11) is 3.76. The predicted molar refractivity (Wildman–Crippen MR) is 85.3 cm³/mol. The molecule has 2 heterocycles. The zero-order valence-electron chi connectivity index (χ0n) is 12.7. The molecule has 0 saturated heterocycles. The van der Waals surface area contributed by atoms with E-state index in [-0.39, 0.29) is 11.9 Å². The van der Waals surface area contributed by atoms with Gasteiger partial charge in [-0.15, -0.1) is 0 Å². The number of pyridine rings is 1. The highest BCUT2D eigenvalue weighted by Gasteiger charge is 2.24. The van der Waals surface area contributed by atoms with E-state index in [2.05, 4.69) is 10.3 Å². The van der Waals surface area contributed by atoms with E-state index < -0.39 is 0 Å². The molecule has 114 valence electrons. The molecule has 0 unspecified atom stereocenters. The Labute approximate surface area is 129 Å². The van der Waals surface area contributed by atoms with Gasteiger partial charge in [-0.3, -0.25) is 4.79 Å². The van der Waals surface area contributed by atoms with Crippen LogP contribution in [0.25, 0.3) is 0 Å². The smallest absolute Gasteiger partial charge is 0.255 e. The molecule has 1 aliphatic rings. The zero-order valence-corrected chi connectivity index (χ0v) is 12.7. The van der Waals surface area contributed by atoms with E-state index in [0.29, 0.717) is 18.0 Å². The SMILES string of the molecule is CN(C)c1ncccc1C(=O)N[C@@H]1CCOc2ccccc21. The van der Waals surface area contributed by atoms with Crippen molar-refractivity contribution in [2.45, 2.75) is 12.5 Å². The molecule has 0 aliphatic carbocycles. The number of rotatable bonds is 3. The van der Waals surface area contributed by atoms with Crippen molar-refractivity contribution in [3.63, 3.8) is 0 Å². The van der Waals surface area contributed by atoms with Gasteiger partial charge in [0.1, 0.15) is 11.6 Å². The van der Waals surface area contributed by atoms with Crippen molar-refractivity contribution in [1.29, 1.82) is 0 Å². The van der Waals surface area contributed by atoms with Crippen LogP contribution in [0.5, 0.6) is 5.75 Å². The van der Waals surface area contributed by atoms with E-state index in [1.54, 1.807) is 18.3 Å². The molecule has 1 aromatic heterocycles. The van der Waals surface area contributed by atoms with E-state index in [4.69, 9.17) is 4.74 Å². The highest BCUT2D eigenvalue weighted by Crippen LogP contribution is 2.31.